The number of hydrogen-bond acceptors (Lipinski definition) is 4. The predicted molar refractivity (Wildman–Crippen MR) is 97.3 cm³/mol. The van der Waals surface area contributed by atoms with Crippen LogP contribution >= 0.6 is 22.9 Å². The Kier molecular flexibility index (Phi) is 5.89. The fraction of sp³-hybridized carbons (Fsp3) is 0.389. The van der Waals surface area contributed by atoms with Gasteiger partial charge in [-0.05, 0) is 36.1 Å². The van der Waals surface area contributed by atoms with Crippen molar-refractivity contribution >= 4 is 28.8 Å². The summed E-state index contributed by atoms with van der Waals surface area (Å²) in [6, 6.07) is 11.6. The Morgan fingerprint density at radius 2 is 2.21 bits per heavy atom. The van der Waals surface area contributed by atoms with E-state index in [-0.39, 0.29) is 18.1 Å². The highest BCUT2D eigenvalue weighted by Gasteiger charge is 2.28. The molecule has 1 amide bonds. The summed E-state index contributed by atoms with van der Waals surface area (Å²) in [5.74, 6) is 0.0557. The van der Waals surface area contributed by atoms with Crippen LogP contribution in [0.25, 0.3) is 0 Å². The van der Waals surface area contributed by atoms with Crippen molar-refractivity contribution in [2.24, 2.45) is 0 Å². The summed E-state index contributed by atoms with van der Waals surface area (Å²) in [5, 5.41) is 5.75. The summed E-state index contributed by atoms with van der Waals surface area (Å²) in [4.78, 5) is 15.8. The molecule has 0 radical (unpaired) electrons. The van der Waals surface area contributed by atoms with E-state index in [1.54, 1.807) is 11.3 Å². The van der Waals surface area contributed by atoms with E-state index in [0.29, 0.717) is 24.7 Å². The molecule has 6 heteroatoms. The third-order valence-electron chi connectivity index (χ3n) is 4.28. The van der Waals surface area contributed by atoms with Crippen molar-refractivity contribution in [3.05, 3.63) is 57.2 Å². The van der Waals surface area contributed by atoms with Gasteiger partial charge >= 0.3 is 0 Å². The second-order valence-corrected chi connectivity index (χ2v) is 7.35. The smallest absolute Gasteiger partial charge is 0.237 e. The molecule has 2 heterocycles. The zero-order valence-electron chi connectivity index (χ0n) is 13.6. The maximum Gasteiger partial charge on any atom is 0.237 e. The molecule has 1 N–H and O–H groups in total. The molecule has 1 aromatic heterocycles. The molecule has 0 bridgehead atoms. The molecule has 1 fully saturated rings. The molecule has 4 nitrogen and oxygen atoms in total. The third-order valence-corrected chi connectivity index (χ3v) is 5.41. The minimum Gasteiger partial charge on any atom is -0.371 e. The predicted octanol–water partition coefficient (Wildman–Crippen LogP) is 3.48. The average Bonchev–Trinajstić information content (AvgIpc) is 3.13. The van der Waals surface area contributed by atoms with Crippen LogP contribution in [0.3, 0.4) is 0 Å². The van der Waals surface area contributed by atoms with Gasteiger partial charge in [-0.2, -0.15) is 0 Å². The topological polar surface area (TPSA) is 41.6 Å². The van der Waals surface area contributed by atoms with Crippen LogP contribution in [0.1, 0.15) is 23.5 Å². The molecule has 2 atom stereocenters. The van der Waals surface area contributed by atoms with Crippen LogP contribution in [-0.2, 0) is 16.1 Å². The van der Waals surface area contributed by atoms with E-state index in [1.807, 2.05) is 48.7 Å². The quantitative estimate of drug-likeness (QED) is 0.883. The maximum absolute atomic E-state index is 12.4. The summed E-state index contributed by atoms with van der Waals surface area (Å²) >= 11 is 7.60. The van der Waals surface area contributed by atoms with Gasteiger partial charge in [-0.1, -0.05) is 29.8 Å². The molecule has 3 rings (SSSR count). The monoisotopic (exact) mass is 364 g/mol. The van der Waals surface area contributed by atoms with Crippen molar-refractivity contribution < 1.29 is 9.53 Å². The Morgan fingerprint density at radius 3 is 2.92 bits per heavy atom. The second kappa shape index (κ2) is 8.12. The van der Waals surface area contributed by atoms with Crippen molar-refractivity contribution in [2.75, 3.05) is 19.7 Å². The first-order valence-corrected chi connectivity index (χ1v) is 9.30. The third kappa shape index (κ3) is 4.36. The number of amides is 1. The fourth-order valence-electron chi connectivity index (χ4n) is 2.80. The van der Waals surface area contributed by atoms with Crippen molar-refractivity contribution in [1.82, 2.24) is 10.2 Å². The molecule has 1 aliphatic heterocycles. The summed E-state index contributed by atoms with van der Waals surface area (Å²) in [7, 11) is 0. The van der Waals surface area contributed by atoms with Crippen LogP contribution in [0.5, 0.6) is 0 Å². The molecule has 24 heavy (non-hydrogen) atoms. The molecular weight excluding hydrogens is 344 g/mol. The van der Waals surface area contributed by atoms with Crippen LogP contribution in [0, 0.1) is 0 Å². The van der Waals surface area contributed by atoms with Crippen LogP contribution in [0.15, 0.2) is 41.8 Å². The lowest BCUT2D eigenvalue weighted by Gasteiger charge is -2.36. The average molecular weight is 365 g/mol. The summed E-state index contributed by atoms with van der Waals surface area (Å²) in [6.45, 7) is 4.63. The Hall–Kier alpha value is -1.40. The second-order valence-electron chi connectivity index (χ2n) is 5.88. The lowest BCUT2D eigenvalue weighted by atomic mass is 10.1. The number of rotatable bonds is 5. The van der Waals surface area contributed by atoms with Crippen molar-refractivity contribution in [1.29, 1.82) is 0 Å². The number of carbonyl (C=O) groups excluding carboxylic acids is 1. The molecule has 1 aromatic carbocycles. The Bertz CT molecular complexity index is 660. The van der Waals surface area contributed by atoms with E-state index in [2.05, 4.69) is 10.2 Å². The Morgan fingerprint density at radius 1 is 1.42 bits per heavy atom. The van der Waals surface area contributed by atoms with E-state index in [1.165, 1.54) is 0 Å². The van der Waals surface area contributed by atoms with Crippen LogP contribution in [-0.4, -0.2) is 36.5 Å². The molecule has 0 unspecified atom stereocenters. The molecule has 2 aromatic rings. The van der Waals surface area contributed by atoms with Gasteiger partial charge in [-0.25, -0.2) is 0 Å². The van der Waals surface area contributed by atoms with Gasteiger partial charge in [-0.3, -0.25) is 9.69 Å². The first-order chi connectivity index (χ1) is 11.6. The Balaban J connectivity index is 1.56. The van der Waals surface area contributed by atoms with E-state index in [9.17, 15) is 4.79 Å². The van der Waals surface area contributed by atoms with Gasteiger partial charge in [0.25, 0.3) is 0 Å². The maximum atomic E-state index is 12.4. The number of nitrogens with zero attached hydrogens (tertiary/aromatic N) is 1. The molecule has 0 spiro atoms. The van der Waals surface area contributed by atoms with Gasteiger partial charge in [0.1, 0.15) is 0 Å². The highest BCUT2D eigenvalue weighted by atomic mass is 35.5. The van der Waals surface area contributed by atoms with E-state index in [4.69, 9.17) is 16.3 Å². The standard InChI is InChI=1S/C18H21ClN2O2S/c1-13(18(22)20-11-16-3-2-10-24-16)21-8-9-23-17(12-21)14-4-6-15(19)7-5-14/h2-7,10,13,17H,8-9,11-12H2,1H3,(H,20,22)/t13-,17+/m0/s1. The highest BCUT2D eigenvalue weighted by molar-refractivity contribution is 7.09. The first kappa shape index (κ1) is 17.4. The van der Waals surface area contributed by atoms with Crippen LogP contribution in [0.2, 0.25) is 5.02 Å². The molecule has 0 aliphatic carbocycles. The van der Waals surface area contributed by atoms with Gasteiger partial charge in [0.2, 0.25) is 5.91 Å². The number of carbonyl (C=O) groups is 1. The number of halogens is 1. The van der Waals surface area contributed by atoms with Crippen molar-refractivity contribution in [3.63, 3.8) is 0 Å². The first-order valence-electron chi connectivity index (χ1n) is 8.04. The van der Waals surface area contributed by atoms with E-state index < -0.39 is 0 Å². The van der Waals surface area contributed by atoms with E-state index >= 15 is 0 Å². The van der Waals surface area contributed by atoms with Gasteiger partial charge in [-0.15, -0.1) is 11.3 Å². The molecule has 1 aliphatic rings. The Labute approximate surface area is 151 Å². The van der Waals surface area contributed by atoms with Crippen molar-refractivity contribution in [2.45, 2.75) is 25.6 Å². The zero-order chi connectivity index (χ0) is 16.9. The summed E-state index contributed by atoms with van der Waals surface area (Å²) < 4.78 is 5.87. The minimum absolute atomic E-state index is 0.0245. The summed E-state index contributed by atoms with van der Waals surface area (Å²) in [5.41, 5.74) is 1.09. The van der Waals surface area contributed by atoms with E-state index in [0.717, 1.165) is 17.0 Å². The number of benzene rings is 1. The number of thiophene rings is 1. The zero-order valence-corrected chi connectivity index (χ0v) is 15.1. The number of ether oxygens (including phenoxy) is 1. The number of hydrogen-bond donors (Lipinski definition) is 1. The largest absolute Gasteiger partial charge is 0.371 e. The molecular formula is C18H21ClN2O2S. The minimum atomic E-state index is -0.177. The van der Waals surface area contributed by atoms with Gasteiger partial charge < -0.3 is 10.1 Å². The SMILES string of the molecule is C[C@@H](C(=O)NCc1cccs1)N1CCO[C@@H](c2ccc(Cl)cc2)C1. The summed E-state index contributed by atoms with van der Waals surface area (Å²) in [6.07, 6.45) is -0.0245. The molecule has 0 saturated carbocycles. The molecule has 128 valence electrons. The lowest BCUT2D eigenvalue weighted by molar-refractivity contribution is -0.129. The van der Waals surface area contributed by atoms with Crippen LogP contribution in [0.4, 0.5) is 0 Å². The lowest BCUT2D eigenvalue weighted by Crippen LogP contribution is -2.50. The highest BCUT2D eigenvalue weighted by Crippen LogP contribution is 2.24. The fourth-order valence-corrected chi connectivity index (χ4v) is 3.57. The number of nitrogens with one attached hydrogen (secondary N) is 1. The van der Waals surface area contributed by atoms with Gasteiger partial charge in [0, 0.05) is 23.0 Å². The van der Waals surface area contributed by atoms with Crippen molar-refractivity contribution in [3.8, 4) is 0 Å². The van der Waals surface area contributed by atoms with Gasteiger partial charge in [0.05, 0.1) is 25.3 Å². The normalized spacial score (nSPS) is 19.8. The van der Waals surface area contributed by atoms with Gasteiger partial charge in [0.15, 0.2) is 0 Å². The number of morpholine rings is 1. The molecule has 1 saturated heterocycles. The van der Waals surface area contributed by atoms with Crippen LogP contribution < -0.4 is 5.32 Å².